The van der Waals surface area contributed by atoms with E-state index in [1.54, 1.807) is 12.1 Å². The molecule has 0 aliphatic carbocycles. The van der Waals surface area contributed by atoms with Crippen LogP contribution in [0.1, 0.15) is 38.1 Å². The van der Waals surface area contributed by atoms with E-state index in [1.165, 1.54) is 18.2 Å². The van der Waals surface area contributed by atoms with E-state index in [2.05, 4.69) is 0 Å². The fourth-order valence-electron chi connectivity index (χ4n) is 2.72. The lowest BCUT2D eigenvalue weighted by molar-refractivity contribution is 0.0697. The van der Waals surface area contributed by atoms with Crippen LogP contribution in [0.25, 0.3) is 21.9 Å². The van der Waals surface area contributed by atoms with E-state index >= 15 is 0 Å². The van der Waals surface area contributed by atoms with Crippen molar-refractivity contribution in [3.05, 3.63) is 46.1 Å². The van der Waals surface area contributed by atoms with Gasteiger partial charge in [-0.15, -0.1) is 0 Å². The quantitative estimate of drug-likeness (QED) is 0.689. The predicted molar refractivity (Wildman–Crippen MR) is 98.5 cm³/mol. The number of carboxylic acids is 1. The van der Waals surface area contributed by atoms with Crippen molar-refractivity contribution >= 4 is 27.9 Å². The van der Waals surface area contributed by atoms with Crippen molar-refractivity contribution < 1.29 is 23.8 Å². The zero-order valence-electron chi connectivity index (χ0n) is 15.0. The van der Waals surface area contributed by atoms with Crippen molar-refractivity contribution in [1.82, 2.24) is 0 Å². The van der Waals surface area contributed by atoms with E-state index in [0.717, 1.165) is 0 Å². The molecule has 1 heterocycles. The highest BCUT2D eigenvalue weighted by Gasteiger charge is 2.17. The van der Waals surface area contributed by atoms with Crippen LogP contribution in [-0.4, -0.2) is 23.3 Å². The summed E-state index contributed by atoms with van der Waals surface area (Å²) in [5.41, 5.74) is 0.318. The zero-order valence-corrected chi connectivity index (χ0v) is 15.0. The third kappa shape index (κ3) is 3.35. The van der Waals surface area contributed by atoms with Crippen LogP contribution in [0.5, 0.6) is 11.5 Å². The molecule has 0 saturated carbocycles. The first-order valence-electron chi connectivity index (χ1n) is 8.37. The lowest BCUT2D eigenvalue weighted by Crippen LogP contribution is -2.11. The molecule has 6 nitrogen and oxygen atoms in total. The van der Waals surface area contributed by atoms with E-state index in [0.29, 0.717) is 22.7 Å². The molecule has 3 aromatic rings. The number of hydrogen-bond acceptors (Lipinski definition) is 5. The average molecular weight is 356 g/mol. The minimum atomic E-state index is -1.10. The van der Waals surface area contributed by atoms with Crippen LogP contribution in [0.3, 0.4) is 0 Å². The number of ether oxygens (including phenoxy) is 2. The maximum atomic E-state index is 13.0. The molecule has 0 fully saturated rings. The van der Waals surface area contributed by atoms with Crippen molar-refractivity contribution in [2.75, 3.05) is 0 Å². The summed E-state index contributed by atoms with van der Waals surface area (Å²) >= 11 is 0. The van der Waals surface area contributed by atoms with Gasteiger partial charge in [0.2, 0.25) is 5.43 Å². The van der Waals surface area contributed by atoms with Crippen molar-refractivity contribution in [2.45, 2.75) is 39.9 Å². The van der Waals surface area contributed by atoms with Crippen molar-refractivity contribution in [2.24, 2.45) is 0 Å². The fraction of sp³-hybridized carbons (Fsp3) is 0.300. The standard InChI is InChI=1S/C20H20O6/c1-10(2)24-13-8-15-18(21)14-7-12(20(22)23)5-6-16(14)26-19(15)17(9-13)25-11(3)4/h5-11H,1-4H3,(H,22,23). The molecule has 0 bridgehead atoms. The highest BCUT2D eigenvalue weighted by molar-refractivity contribution is 5.97. The number of carbonyl (C=O) groups is 1. The van der Waals surface area contributed by atoms with Gasteiger partial charge >= 0.3 is 5.97 Å². The number of aromatic carboxylic acids is 1. The molecule has 1 aromatic heterocycles. The number of hydrogen-bond donors (Lipinski definition) is 1. The highest BCUT2D eigenvalue weighted by Crippen LogP contribution is 2.33. The van der Waals surface area contributed by atoms with E-state index in [1.807, 2.05) is 27.7 Å². The molecule has 6 heteroatoms. The monoisotopic (exact) mass is 356 g/mol. The van der Waals surface area contributed by atoms with Crippen LogP contribution in [0, 0.1) is 0 Å². The Balaban J connectivity index is 2.35. The van der Waals surface area contributed by atoms with Gasteiger partial charge < -0.3 is 19.0 Å². The largest absolute Gasteiger partial charge is 0.491 e. The number of benzene rings is 2. The second kappa shape index (κ2) is 6.71. The summed E-state index contributed by atoms with van der Waals surface area (Å²) in [6, 6.07) is 7.50. The van der Waals surface area contributed by atoms with Crippen molar-refractivity contribution in [3.63, 3.8) is 0 Å². The summed E-state index contributed by atoms with van der Waals surface area (Å²) in [7, 11) is 0. The first-order chi connectivity index (χ1) is 12.3. The Bertz CT molecular complexity index is 1050. The number of rotatable bonds is 5. The Morgan fingerprint density at radius 2 is 1.69 bits per heavy atom. The smallest absolute Gasteiger partial charge is 0.335 e. The minimum absolute atomic E-state index is 0.0254. The first kappa shape index (κ1) is 17.8. The molecule has 26 heavy (non-hydrogen) atoms. The van der Waals surface area contributed by atoms with Gasteiger partial charge in [-0.3, -0.25) is 4.79 Å². The van der Waals surface area contributed by atoms with E-state index in [-0.39, 0.29) is 34.0 Å². The molecule has 0 radical (unpaired) electrons. The van der Waals surface area contributed by atoms with Crippen LogP contribution in [0.15, 0.2) is 39.5 Å². The van der Waals surface area contributed by atoms with Crippen LogP contribution in [0.4, 0.5) is 0 Å². The topological polar surface area (TPSA) is 86.0 Å². The van der Waals surface area contributed by atoms with Gasteiger partial charge in [0.1, 0.15) is 11.3 Å². The average Bonchev–Trinajstić information content (AvgIpc) is 2.54. The number of carboxylic acid groups (broad SMARTS) is 1. The summed E-state index contributed by atoms with van der Waals surface area (Å²) in [5, 5.41) is 9.65. The van der Waals surface area contributed by atoms with Crippen LogP contribution in [0.2, 0.25) is 0 Å². The molecule has 0 saturated heterocycles. The van der Waals surface area contributed by atoms with E-state index < -0.39 is 5.97 Å². The van der Waals surface area contributed by atoms with Crippen LogP contribution >= 0.6 is 0 Å². The van der Waals surface area contributed by atoms with Gasteiger partial charge in [0, 0.05) is 6.07 Å². The van der Waals surface area contributed by atoms with Gasteiger partial charge in [0.15, 0.2) is 11.3 Å². The Hall–Kier alpha value is -3.02. The third-order valence-corrected chi connectivity index (χ3v) is 3.69. The molecular formula is C20H20O6. The lowest BCUT2D eigenvalue weighted by atomic mass is 10.1. The second-order valence-electron chi connectivity index (χ2n) is 6.58. The van der Waals surface area contributed by atoms with Gasteiger partial charge in [0.25, 0.3) is 0 Å². The SMILES string of the molecule is CC(C)Oc1cc(OC(C)C)c2oc3ccc(C(=O)O)cc3c(=O)c2c1. The van der Waals surface area contributed by atoms with E-state index in [4.69, 9.17) is 19.0 Å². The molecule has 0 atom stereocenters. The second-order valence-corrected chi connectivity index (χ2v) is 6.58. The Kier molecular flexibility index (Phi) is 4.59. The Morgan fingerprint density at radius 3 is 2.31 bits per heavy atom. The Labute approximate surface area is 149 Å². The molecule has 1 N–H and O–H groups in total. The number of fused-ring (bicyclic) bond motifs is 2. The van der Waals surface area contributed by atoms with Gasteiger partial charge in [0.05, 0.1) is 28.5 Å². The summed E-state index contributed by atoms with van der Waals surface area (Å²) in [4.78, 5) is 24.2. The molecule has 0 aliphatic heterocycles. The van der Waals surface area contributed by atoms with E-state index in [9.17, 15) is 9.59 Å². The zero-order chi connectivity index (χ0) is 19.0. The molecular weight excluding hydrogens is 336 g/mol. The summed E-state index contributed by atoms with van der Waals surface area (Å²) < 4.78 is 17.4. The van der Waals surface area contributed by atoms with Gasteiger partial charge in [-0.05, 0) is 52.0 Å². The normalized spacial score (nSPS) is 11.5. The summed E-state index contributed by atoms with van der Waals surface area (Å²) in [6.45, 7) is 7.52. The summed E-state index contributed by atoms with van der Waals surface area (Å²) in [5.74, 6) is -0.203. The molecule has 0 unspecified atom stereocenters. The van der Waals surface area contributed by atoms with Crippen LogP contribution in [-0.2, 0) is 0 Å². The molecule has 3 rings (SSSR count). The van der Waals surface area contributed by atoms with Gasteiger partial charge in [-0.2, -0.15) is 0 Å². The lowest BCUT2D eigenvalue weighted by Gasteiger charge is -2.15. The van der Waals surface area contributed by atoms with Crippen molar-refractivity contribution in [1.29, 1.82) is 0 Å². The maximum Gasteiger partial charge on any atom is 0.335 e. The maximum absolute atomic E-state index is 13.0. The van der Waals surface area contributed by atoms with Crippen LogP contribution < -0.4 is 14.9 Å². The summed E-state index contributed by atoms with van der Waals surface area (Å²) in [6.07, 6.45) is -0.201. The fourth-order valence-corrected chi connectivity index (χ4v) is 2.72. The van der Waals surface area contributed by atoms with Gasteiger partial charge in [-0.25, -0.2) is 4.79 Å². The first-order valence-corrected chi connectivity index (χ1v) is 8.37. The molecule has 0 aliphatic rings. The molecule has 2 aromatic carbocycles. The molecule has 0 spiro atoms. The minimum Gasteiger partial charge on any atom is -0.491 e. The predicted octanol–water partition coefficient (Wildman–Crippen LogP) is 4.22. The van der Waals surface area contributed by atoms with Crippen molar-refractivity contribution in [3.8, 4) is 11.5 Å². The Morgan fingerprint density at radius 1 is 1.00 bits per heavy atom. The molecule has 136 valence electrons. The van der Waals surface area contributed by atoms with Gasteiger partial charge in [-0.1, -0.05) is 0 Å². The molecule has 0 amide bonds. The highest BCUT2D eigenvalue weighted by atomic mass is 16.5. The third-order valence-electron chi connectivity index (χ3n) is 3.69.